The molecule has 0 N–H and O–H groups in total. The van der Waals surface area contributed by atoms with Crippen molar-refractivity contribution in [3.05, 3.63) is 33.8 Å². The number of hydrogen-bond donors (Lipinski definition) is 0. The van der Waals surface area contributed by atoms with Crippen molar-refractivity contribution in [2.75, 3.05) is 18.1 Å². The van der Waals surface area contributed by atoms with E-state index in [0.717, 1.165) is 25.2 Å². The van der Waals surface area contributed by atoms with E-state index in [1.807, 2.05) is 0 Å². The van der Waals surface area contributed by atoms with Gasteiger partial charge in [-0.1, -0.05) is 23.2 Å². The molecule has 1 atom stereocenters. The van der Waals surface area contributed by atoms with E-state index in [4.69, 9.17) is 27.9 Å². The third-order valence-electron chi connectivity index (χ3n) is 2.79. The topological polar surface area (TPSA) is 26.3 Å². The van der Waals surface area contributed by atoms with Gasteiger partial charge in [-0.25, -0.2) is 0 Å². The first-order chi connectivity index (χ1) is 8.66. The molecule has 5 heteroatoms. The Labute approximate surface area is 121 Å². The molecule has 0 amide bonds. The average molecular weight is 305 g/mol. The van der Waals surface area contributed by atoms with E-state index in [1.54, 1.807) is 30.0 Å². The summed E-state index contributed by atoms with van der Waals surface area (Å²) in [7, 11) is 0. The van der Waals surface area contributed by atoms with Crippen molar-refractivity contribution < 1.29 is 9.53 Å². The predicted octanol–water partition coefficient (Wildman–Crippen LogP) is 4.09. The summed E-state index contributed by atoms with van der Waals surface area (Å²) in [6.45, 7) is 0.847. The van der Waals surface area contributed by atoms with Crippen LogP contribution in [0.1, 0.15) is 23.2 Å². The summed E-state index contributed by atoms with van der Waals surface area (Å²) in [6.07, 6.45) is 2.52. The summed E-state index contributed by atoms with van der Waals surface area (Å²) in [4.78, 5) is 12.0. The van der Waals surface area contributed by atoms with Crippen molar-refractivity contribution in [3.63, 3.8) is 0 Å². The molecular formula is C13H14Cl2O2S. The molecule has 1 saturated heterocycles. The van der Waals surface area contributed by atoms with Crippen LogP contribution in [-0.2, 0) is 4.74 Å². The first kappa shape index (κ1) is 14.2. The molecule has 0 aromatic heterocycles. The number of halogens is 2. The Balaban J connectivity index is 1.85. The number of benzene rings is 1. The lowest BCUT2D eigenvalue weighted by Gasteiger charge is -2.08. The lowest BCUT2D eigenvalue weighted by atomic mass is 10.1. The molecule has 1 aromatic carbocycles. The molecule has 0 radical (unpaired) electrons. The van der Waals surface area contributed by atoms with Crippen molar-refractivity contribution in [2.24, 2.45) is 0 Å². The van der Waals surface area contributed by atoms with Gasteiger partial charge in [-0.2, -0.15) is 11.8 Å². The van der Waals surface area contributed by atoms with Crippen LogP contribution in [0, 0.1) is 0 Å². The molecule has 0 aliphatic carbocycles. The van der Waals surface area contributed by atoms with E-state index < -0.39 is 0 Å². The summed E-state index contributed by atoms with van der Waals surface area (Å²) in [5, 5.41) is 0.994. The Morgan fingerprint density at radius 3 is 3.00 bits per heavy atom. The van der Waals surface area contributed by atoms with Crippen molar-refractivity contribution >= 4 is 40.7 Å². The van der Waals surface area contributed by atoms with Gasteiger partial charge in [-0.05, 0) is 31.0 Å². The lowest BCUT2D eigenvalue weighted by molar-refractivity contribution is 0.102. The molecule has 98 valence electrons. The van der Waals surface area contributed by atoms with E-state index >= 15 is 0 Å². The van der Waals surface area contributed by atoms with Crippen molar-refractivity contribution in [2.45, 2.75) is 18.9 Å². The highest BCUT2D eigenvalue weighted by Gasteiger charge is 2.17. The highest BCUT2D eigenvalue weighted by molar-refractivity contribution is 8.00. The monoisotopic (exact) mass is 304 g/mol. The van der Waals surface area contributed by atoms with E-state index in [0.29, 0.717) is 27.5 Å². The molecular weight excluding hydrogens is 291 g/mol. The minimum absolute atomic E-state index is 0.0190. The summed E-state index contributed by atoms with van der Waals surface area (Å²) in [6, 6.07) is 4.96. The minimum atomic E-state index is 0.0190. The van der Waals surface area contributed by atoms with Gasteiger partial charge >= 0.3 is 0 Å². The number of ether oxygens (including phenoxy) is 1. The zero-order valence-corrected chi connectivity index (χ0v) is 12.2. The van der Waals surface area contributed by atoms with Crippen LogP contribution in [0.4, 0.5) is 0 Å². The summed E-state index contributed by atoms with van der Waals surface area (Å²) in [5.41, 5.74) is 0.504. The number of carbonyl (C=O) groups is 1. The molecule has 1 aromatic rings. The largest absolute Gasteiger partial charge is 0.377 e. The Kier molecular flexibility index (Phi) is 5.37. The number of Topliss-reactive ketones (excluding diaryl/α,β-unsaturated/α-hetero) is 1. The number of ketones is 1. The van der Waals surface area contributed by atoms with Gasteiger partial charge in [0.2, 0.25) is 0 Å². The van der Waals surface area contributed by atoms with E-state index in [9.17, 15) is 4.79 Å². The molecule has 0 spiro atoms. The second-order valence-electron chi connectivity index (χ2n) is 4.20. The number of rotatable bonds is 5. The Hall–Kier alpha value is -0.220. The maximum Gasteiger partial charge on any atom is 0.174 e. The van der Waals surface area contributed by atoms with Gasteiger partial charge in [0, 0.05) is 22.9 Å². The SMILES string of the molecule is O=C(CSCC1CCCO1)c1cc(Cl)ccc1Cl. The van der Waals surface area contributed by atoms with Gasteiger partial charge < -0.3 is 4.74 Å². The Bertz CT molecular complexity index is 431. The van der Waals surface area contributed by atoms with Crippen LogP contribution >= 0.6 is 35.0 Å². The van der Waals surface area contributed by atoms with Gasteiger partial charge in [0.15, 0.2) is 5.78 Å². The molecule has 2 nitrogen and oxygen atoms in total. The zero-order chi connectivity index (χ0) is 13.0. The molecule has 0 saturated carbocycles. The van der Waals surface area contributed by atoms with Crippen LogP contribution < -0.4 is 0 Å². The normalized spacial score (nSPS) is 19.1. The van der Waals surface area contributed by atoms with Crippen LogP contribution in [0.3, 0.4) is 0 Å². The molecule has 18 heavy (non-hydrogen) atoms. The fourth-order valence-corrected chi connectivity index (χ4v) is 3.23. The quantitative estimate of drug-likeness (QED) is 0.767. The van der Waals surface area contributed by atoms with Crippen LogP contribution in [0.15, 0.2) is 18.2 Å². The third-order valence-corrected chi connectivity index (χ3v) is 4.43. The molecule has 2 rings (SSSR count). The van der Waals surface area contributed by atoms with E-state index in [2.05, 4.69) is 0 Å². The Morgan fingerprint density at radius 2 is 2.28 bits per heavy atom. The van der Waals surface area contributed by atoms with E-state index in [1.165, 1.54) is 0 Å². The fourth-order valence-electron chi connectivity index (χ4n) is 1.85. The van der Waals surface area contributed by atoms with Gasteiger partial charge in [0.05, 0.1) is 16.9 Å². The summed E-state index contributed by atoms with van der Waals surface area (Å²) >= 11 is 13.4. The van der Waals surface area contributed by atoms with Crippen LogP contribution in [-0.4, -0.2) is 30.0 Å². The highest BCUT2D eigenvalue weighted by atomic mass is 35.5. The maximum atomic E-state index is 12.0. The van der Waals surface area contributed by atoms with Crippen molar-refractivity contribution in [1.82, 2.24) is 0 Å². The van der Waals surface area contributed by atoms with Gasteiger partial charge in [0.1, 0.15) is 0 Å². The molecule has 0 bridgehead atoms. The predicted molar refractivity (Wildman–Crippen MR) is 77.1 cm³/mol. The first-order valence-corrected chi connectivity index (χ1v) is 7.75. The average Bonchev–Trinajstić information content (AvgIpc) is 2.85. The fraction of sp³-hybridized carbons (Fsp3) is 0.462. The van der Waals surface area contributed by atoms with E-state index in [-0.39, 0.29) is 5.78 Å². The van der Waals surface area contributed by atoms with Gasteiger partial charge in [0.25, 0.3) is 0 Å². The molecule has 1 unspecified atom stereocenters. The zero-order valence-electron chi connectivity index (χ0n) is 9.83. The van der Waals surface area contributed by atoms with Crippen molar-refractivity contribution in [3.8, 4) is 0 Å². The standard InChI is InChI=1S/C13H14Cl2O2S/c14-9-3-4-12(15)11(6-9)13(16)8-18-7-10-2-1-5-17-10/h3-4,6,10H,1-2,5,7-8H2. The van der Waals surface area contributed by atoms with Crippen LogP contribution in [0.2, 0.25) is 10.0 Å². The number of thioether (sulfide) groups is 1. The molecule has 1 heterocycles. The molecule has 1 aliphatic rings. The third kappa shape index (κ3) is 3.89. The smallest absolute Gasteiger partial charge is 0.174 e. The second kappa shape index (κ2) is 6.80. The molecule has 1 aliphatic heterocycles. The van der Waals surface area contributed by atoms with Crippen molar-refractivity contribution in [1.29, 1.82) is 0 Å². The summed E-state index contributed by atoms with van der Waals surface area (Å²) in [5.74, 6) is 1.30. The second-order valence-corrected chi connectivity index (χ2v) is 6.07. The molecule has 1 fully saturated rings. The van der Waals surface area contributed by atoms with Gasteiger partial charge in [-0.15, -0.1) is 0 Å². The summed E-state index contributed by atoms with van der Waals surface area (Å²) < 4.78 is 5.50. The van der Waals surface area contributed by atoms with Gasteiger partial charge in [-0.3, -0.25) is 4.79 Å². The first-order valence-electron chi connectivity index (χ1n) is 5.84. The number of carbonyl (C=O) groups excluding carboxylic acids is 1. The lowest BCUT2D eigenvalue weighted by Crippen LogP contribution is -2.11. The number of hydrogen-bond acceptors (Lipinski definition) is 3. The highest BCUT2D eigenvalue weighted by Crippen LogP contribution is 2.23. The van der Waals surface area contributed by atoms with Crippen LogP contribution in [0.5, 0.6) is 0 Å². The maximum absolute atomic E-state index is 12.0. The Morgan fingerprint density at radius 1 is 1.44 bits per heavy atom. The van der Waals surface area contributed by atoms with Crippen LogP contribution in [0.25, 0.3) is 0 Å². The minimum Gasteiger partial charge on any atom is -0.377 e.